The summed E-state index contributed by atoms with van der Waals surface area (Å²) >= 11 is 0. The van der Waals surface area contributed by atoms with Crippen LogP contribution in [0.1, 0.15) is 81.8 Å². The Kier molecular flexibility index (Phi) is 5.96. The van der Waals surface area contributed by atoms with Gasteiger partial charge in [0, 0.05) is 24.5 Å². The molecule has 2 heterocycles. The summed E-state index contributed by atoms with van der Waals surface area (Å²) in [7, 11) is 3.09. The predicted molar refractivity (Wildman–Crippen MR) is 107 cm³/mol. The van der Waals surface area contributed by atoms with Crippen LogP contribution in [0.5, 0.6) is 0 Å². The molecule has 0 spiro atoms. The van der Waals surface area contributed by atoms with E-state index < -0.39 is 5.97 Å². The molecule has 6 heteroatoms. The smallest absolute Gasteiger partial charge is 0.341 e. The van der Waals surface area contributed by atoms with Crippen LogP contribution >= 0.6 is 0 Å². The van der Waals surface area contributed by atoms with Crippen molar-refractivity contribution < 1.29 is 18.7 Å². The van der Waals surface area contributed by atoms with Crippen molar-refractivity contribution in [1.29, 1.82) is 0 Å². The highest BCUT2D eigenvalue weighted by Gasteiger charge is 2.25. The first-order chi connectivity index (χ1) is 13.3. The van der Waals surface area contributed by atoms with E-state index in [1.807, 2.05) is 13.0 Å². The lowest BCUT2D eigenvalue weighted by molar-refractivity contribution is 0.0598. The number of furan rings is 1. The first-order valence-electron chi connectivity index (χ1n) is 9.95. The zero-order valence-corrected chi connectivity index (χ0v) is 17.5. The van der Waals surface area contributed by atoms with Crippen LogP contribution in [0, 0.1) is 20.8 Å². The molecule has 2 aromatic rings. The van der Waals surface area contributed by atoms with Crippen LogP contribution in [0.3, 0.4) is 0 Å². The zero-order chi connectivity index (χ0) is 20.4. The lowest BCUT2D eigenvalue weighted by atomic mass is 9.95. The summed E-state index contributed by atoms with van der Waals surface area (Å²) in [5.74, 6) is 0.592. The highest BCUT2D eigenvalue weighted by Crippen LogP contribution is 2.32. The van der Waals surface area contributed by atoms with Crippen molar-refractivity contribution >= 4 is 11.9 Å². The standard InChI is InChI=1S/C22H30N2O4/c1-14-11-19(15(2)24(14)17-9-7-6-8-10-17)21(25)23(4)13-18-12-20(16(3)28-18)22(26)27-5/h11-12,17H,6-10,13H2,1-5H3. The van der Waals surface area contributed by atoms with E-state index in [4.69, 9.17) is 9.15 Å². The Bertz CT molecular complexity index is 871. The number of ether oxygens (including phenoxy) is 1. The summed E-state index contributed by atoms with van der Waals surface area (Å²) in [5.41, 5.74) is 3.31. The summed E-state index contributed by atoms with van der Waals surface area (Å²) in [6, 6.07) is 4.14. The monoisotopic (exact) mass is 386 g/mol. The molecule has 0 N–H and O–H groups in total. The maximum absolute atomic E-state index is 13.1. The molecule has 0 bridgehead atoms. The van der Waals surface area contributed by atoms with Crippen molar-refractivity contribution in [2.75, 3.05) is 14.2 Å². The minimum atomic E-state index is -0.433. The van der Waals surface area contributed by atoms with Gasteiger partial charge in [0.1, 0.15) is 17.1 Å². The van der Waals surface area contributed by atoms with E-state index in [1.54, 1.807) is 24.9 Å². The third-order valence-corrected chi connectivity index (χ3v) is 5.77. The van der Waals surface area contributed by atoms with Gasteiger partial charge in [-0.2, -0.15) is 0 Å². The molecule has 1 amide bonds. The van der Waals surface area contributed by atoms with E-state index >= 15 is 0 Å². The van der Waals surface area contributed by atoms with Crippen molar-refractivity contribution in [3.63, 3.8) is 0 Å². The van der Waals surface area contributed by atoms with E-state index in [1.165, 1.54) is 39.2 Å². The number of methoxy groups -OCH3 is 1. The van der Waals surface area contributed by atoms with Crippen molar-refractivity contribution in [1.82, 2.24) is 9.47 Å². The van der Waals surface area contributed by atoms with Gasteiger partial charge >= 0.3 is 5.97 Å². The minimum Gasteiger partial charge on any atom is -0.465 e. The number of amides is 1. The highest BCUT2D eigenvalue weighted by atomic mass is 16.5. The van der Waals surface area contributed by atoms with Crippen molar-refractivity contribution in [3.8, 4) is 0 Å². The molecule has 3 rings (SSSR count). The maximum atomic E-state index is 13.1. The van der Waals surface area contributed by atoms with Crippen LogP contribution in [0.4, 0.5) is 0 Å². The molecule has 2 aromatic heterocycles. The predicted octanol–water partition coefficient (Wildman–Crippen LogP) is 4.57. The first-order valence-corrected chi connectivity index (χ1v) is 9.95. The lowest BCUT2D eigenvalue weighted by Crippen LogP contribution is -2.26. The van der Waals surface area contributed by atoms with Crippen LogP contribution < -0.4 is 0 Å². The van der Waals surface area contributed by atoms with Gasteiger partial charge in [-0.25, -0.2) is 4.79 Å². The zero-order valence-electron chi connectivity index (χ0n) is 17.5. The molecule has 0 atom stereocenters. The third-order valence-electron chi connectivity index (χ3n) is 5.77. The molecule has 0 radical (unpaired) electrons. The number of hydrogen-bond donors (Lipinski definition) is 0. The maximum Gasteiger partial charge on any atom is 0.341 e. The number of esters is 1. The molecule has 6 nitrogen and oxygen atoms in total. The lowest BCUT2D eigenvalue weighted by Gasteiger charge is -2.26. The summed E-state index contributed by atoms with van der Waals surface area (Å²) < 4.78 is 12.7. The molecule has 0 unspecified atom stereocenters. The molecular formula is C22H30N2O4. The fourth-order valence-electron chi connectivity index (χ4n) is 4.34. The number of aryl methyl sites for hydroxylation is 2. The molecule has 0 aliphatic heterocycles. The van der Waals surface area contributed by atoms with E-state index in [0.29, 0.717) is 29.7 Å². The minimum absolute atomic E-state index is 0.0381. The average Bonchev–Trinajstić information content (AvgIpc) is 3.19. The highest BCUT2D eigenvalue weighted by molar-refractivity contribution is 5.95. The molecule has 1 saturated carbocycles. The fourth-order valence-corrected chi connectivity index (χ4v) is 4.34. The number of aromatic nitrogens is 1. The molecule has 152 valence electrons. The first kappa shape index (κ1) is 20.2. The van der Waals surface area contributed by atoms with Gasteiger partial charge in [0.2, 0.25) is 0 Å². The van der Waals surface area contributed by atoms with Gasteiger partial charge in [0.15, 0.2) is 0 Å². The van der Waals surface area contributed by atoms with Crippen molar-refractivity contribution in [2.24, 2.45) is 0 Å². The van der Waals surface area contributed by atoms with Crippen LogP contribution in [-0.4, -0.2) is 35.5 Å². The summed E-state index contributed by atoms with van der Waals surface area (Å²) in [4.78, 5) is 26.5. The summed E-state index contributed by atoms with van der Waals surface area (Å²) in [5, 5.41) is 0. The third kappa shape index (κ3) is 3.86. The largest absolute Gasteiger partial charge is 0.465 e. The molecule has 1 aliphatic carbocycles. The topological polar surface area (TPSA) is 64.7 Å². The number of hydrogen-bond acceptors (Lipinski definition) is 4. The van der Waals surface area contributed by atoms with E-state index in [2.05, 4.69) is 11.5 Å². The Labute approximate surface area is 166 Å². The molecule has 1 aliphatic rings. The van der Waals surface area contributed by atoms with Crippen LogP contribution in [0.15, 0.2) is 16.5 Å². The molecule has 1 fully saturated rings. The molecule has 28 heavy (non-hydrogen) atoms. The second kappa shape index (κ2) is 8.25. The summed E-state index contributed by atoms with van der Waals surface area (Å²) in [6.07, 6.45) is 6.18. The molecule has 0 aromatic carbocycles. The Hall–Kier alpha value is -2.50. The second-order valence-electron chi connectivity index (χ2n) is 7.78. The fraction of sp³-hybridized carbons (Fsp3) is 0.545. The van der Waals surface area contributed by atoms with Gasteiger partial charge < -0.3 is 18.6 Å². The number of rotatable bonds is 5. The average molecular weight is 386 g/mol. The van der Waals surface area contributed by atoms with Crippen molar-refractivity contribution in [2.45, 2.75) is 65.5 Å². The SMILES string of the molecule is COC(=O)c1cc(CN(C)C(=O)c2cc(C)n(C3CCCCC3)c2C)oc1C. The van der Waals surface area contributed by atoms with Gasteiger partial charge in [0.25, 0.3) is 5.91 Å². The number of carbonyl (C=O) groups is 2. The van der Waals surface area contributed by atoms with Gasteiger partial charge in [-0.3, -0.25) is 4.79 Å². The van der Waals surface area contributed by atoms with Gasteiger partial charge in [-0.15, -0.1) is 0 Å². The molecule has 0 saturated heterocycles. The van der Waals surface area contributed by atoms with Crippen LogP contribution in [-0.2, 0) is 11.3 Å². The Morgan fingerprint density at radius 3 is 2.46 bits per heavy atom. The Morgan fingerprint density at radius 2 is 1.82 bits per heavy atom. The van der Waals surface area contributed by atoms with Crippen LogP contribution in [0.2, 0.25) is 0 Å². The van der Waals surface area contributed by atoms with Crippen LogP contribution in [0.25, 0.3) is 0 Å². The quantitative estimate of drug-likeness (QED) is 0.706. The van der Waals surface area contributed by atoms with Crippen molar-refractivity contribution in [3.05, 3.63) is 46.2 Å². The van der Waals surface area contributed by atoms with E-state index in [9.17, 15) is 9.59 Å². The summed E-state index contributed by atoms with van der Waals surface area (Å²) in [6.45, 7) is 6.13. The van der Waals surface area contributed by atoms with Gasteiger partial charge in [-0.05, 0) is 45.7 Å². The Balaban J connectivity index is 1.77. The Morgan fingerprint density at radius 1 is 1.14 bits per heavy atom. The number of nitrogens with zero attached hydrogens (tertiary/aromatic N) is 2. The van der Waals surface area contributed by atoms with Gasteiger partial charge in [-0.1, -0.05) is 19.3 Å². The van der Waals surface area contributed by atoms with E-state index in [-0.39, 0.29) is 5.91 Å². The number of carbonyl (C=O) groups excluding carboxylic acids is 2. The van der Waals surface area contributed by atoms with E-state index in [0.717, 1.165) is 17.0 Å². The normalized spacial score (nSPS) is 14.9. The van der Waals surface area contributed by atoms with Gasteiger partial charge in [0.05, 0.1) is 19.2 Å². The second-order valence-corrected chi connectivity index (χ2v) is 7.78. The molecular weight excluding hydrogens is 356 g/mol.